The molecule has 1 saturated carbocycles. The minimum Gasteiger partial charge on any atom is -0.391 e. The molecule has 1 aliphatic carbocycles. The van der Waals surface area contributed by atoms with E-state index in [0.29, 0.717) is 0 Å². The molecule has 112 valence electrons. The lowest BCUT2D eigenvalue weighted by Crippen LogP contribution is -2.55. The molecule has 0 bridgehead atoms. The largest absolute Gasteiger partial charge is 0.391 e. The lowest BCUT2D eigenvalue weighted by atomic mass is 9.84. The van der Waals surface area contributed by atoms with Crippen LogP contribution in [0, 0.1) is 0 Å². The fourth-order valence-corrected chi connectivity index (χ4v) is 4.00. The third-order valence-corrected chi connectivity index (χ3v) is 5.35. The van der Waals surface area contributed by atoms with E-state index in [9.17, 15) is 5.11 Å². The molecule has 0 radical (unpaired) electrons. The molecule has 1 aromatic carbocycles. The average molecular weight is 340 g/mol. The summed E-state index contributed by atoms with van der Waals surface area (Å²) in [6, 6.07) is 8.33. The third-order valence-electron chi connectivity index (χ3n) is 4.83. The molecule has 1 aliphatic rings. The molecule has 20 heavy (non-hydrogen) atoms. The van der Waals surface area contributed by atoms with Gasteiger partial charge in [0.2, 0.25) is 0 Å². The second-order valence-electron chi connectivity index (χ2n) is 5.83. The minimum atomic E-state index is -0.272. The van der Waals surface area contributed by atoms with Crippen LogP contribution in [0.15, 0.2) is 28.7 Å². The van der Waals surface area contributed by atoms with Crippen molar-refractivity contribution >= 4 is 15.9 Å². The number of nitrogens with zero attached hydrogens (tertiary/aromatic N) is 1. The Morgan fingerprint density at radius 3 is 2.20 bits per heavy atom. The van der Waals surface area contributed by atoms with Gasteiger partial charge in [-0.05, 0) is 43.6 Å². The standard InChI is InChI=1S/C17H26BrNO/c1-3-19(4-2)17(11-5-6-12-17)16(20)13-14-7-9-15(18)10-8-14/h7-10,16,20H,3-6,11-13H2,1-2H3. The van der Waals surface area contributed by atoms with E-state index in [1.54, 1.807) is 0 Å². The lowest BCUT2D eigenvalue weighted by molar-refractivity contribution is -0.0244. The highest BCUT2D eigenvalue weighted by molar-refractivity contribution is 9.10. The van der Waals surface area contributed by atoms with Gasteiger partial charge in [-0.1, -0.05) is 54.8 Å². The second-order valence-corrected chi connectivity index (χ2v) is 6.75. The van der Waals surface area contributed by atoms with E-state index in [4.69, 9.17) is 0 Å². The van der Waals surface area contributed by atoms with Crippen LogP contribution in [0.5, 0.6) is 0 Å². The quantitative estimate of drug-likeness (QED) is 0.846. The van der Waals surface area contributed by atoms with Crippen LogP contribution in [0.4, 0.5) is 0 Å². The molecule has 0 heterocycles. The normalized spacial score (nSPS) is 19.4. The van der Waals surface area contributed by atoms with Crippen molar-refractivity contribution in [2.75, 3.05) is 13.1 Å². The Kier molecular flexibility index (Phi) is 5.65. The van der Waals surface area contributed by atoms with Crippen LogP contribution in [0.25, 0.3) is 0 Å². The molecule has 3 heteroatoms. The monoisotopic (exact) mass is 339 g/mol. The van der Waals surface area contributed by atoms with Crippen molar-refractivity contribution in [3.05, 3.63) is 34.3 Å². The molecule has 0 spiro atoms. The van der Waals surface area contributed by atoms with Gasteiger partial charge in [0.25, 0.3) is 0 Å². The molecule has 0 saturated heterocycles. The highest BCUT2D eigenvalue weighted by Crippen LogP contribution is 2.39. The molecule has 1 aromatic rings. The van der Waals surface area contributed by atoms with Gasteiger partial charge in [-0.2, -0.15) is 0 Å². The summed E-state index contributed by atoms with van der Waals surface area (Å²) in [7, 11) is 0. The summed E-state index contributed by atoms with van der Waals surface area (Å²) in [4.78, 5) is 2.48. The Morgan fingerprint density at radius 2 is 1.70 bits per heavy atom. The number of hydrogen-bond acceptors (Lipinski definition) is 2. The molecule has 0 aliphatic heterocycles. The van der Waals surface area contributed by atoms with Gasteiger partial charge in [0.1, 0.15) is 0 Å². The van der Waals surface area contributed by atoms with Crippen LogP contribution < -0.4 is 0 Å². The van der Waals surface area contributed by atoms with Crippen molar-refractivity contribution in [1.82, 2.24) is 4.90 Å². The minimum absolute atomic E-state index is 0.00340. The van der Waals surface area contributed by atoms with Gasteiger partial charge in [-0.15, -0.1) is 0 Å². The maximum absolute atomic E-state index is 10.9. The fraction of sp³-hybridized carbons (Fsp3) is 0.647. The number of rotatable bonds is 6. The van der Waals surface area contributed by atoms with Crippen LogP contribution >= 0.6 is 15.9 Å². The van der Waals surface area contributed by atoms with Crippen LogP contribution in [-0.2, 0) is 6.42 Å². The molecular weight excluding hydrogens is 314 g/mol. The van der Waals surface area contributed by atoms with Crippen molar-refractivity contribution in [2.24, 2.45) is 0 Å². The first-order chi connectivity index (χ1) is 9.62. The van der Waals surface area contributed by atoms with Crippen LogP contribution in [0.2, 0.25) is 0 Å². The SMILES string of the molecule is CCN(CC)C1(C(O)Cc2ccc(Br)cc2)CCCC1. The fourth-order valence-electron chi connectivity index (χ4n) is 3.73. The van der Waals surface area contributed by atoms with Gasteiger partial charge in [-0.25, -0.2) is 0 Å². The number of hydrogen-bond donors (Lipinski definition) is 1. The number of aliphatic hydroxyl groups is 1. The van der Waals surface area contributed by atoms with E-state index < -0.39 is 0 Å². The second kappa shape index (κ2) is 7.06. The van der Waals surface area contributed by atoms with Crippen molar-refractivity contribution in [2.45, 2.75) is 57.6 Å². The first-order valence-corrected chi connectivity index (χ1v) is 8.59. The summed E-state index contributed by atoms with van der Waals surface area (Å²) in [5.74, 6) is 0. The summed E-state index contributed by atoms with van der Waals surface area (Å²) in [5.41, 5.74) is 1.22. The topological polar surface area (TPSA) is 23.5 Å². The molecule has 1 fully saturated rings. The zero-order valence-corrected chi connectivity index (χ0v) is 14.2. The summed E-state index contributed by atoms with van der Waals surface area (Å²) in [5, 5.41) is 10.9. The molecule has 1 unspecified atom stereocenters. The number of aliphatic hydroxyl groups excluding tert-OH is 1. The van der Waals surface area contributed by atoms with E-state index in [1.807, 2.05) is 0 Å². The van der Waals surface area contributed by atoms with E-state index >= 15 is 0 Å². The number of benzene rings is 1. The van der Waals surface area contributed by atoms with Gasteiger partial charge in [0.15, 0.2) is 0 Å². The molecule has 1 atom stereocenters. The molecule has 2 rings (SSSR count). The highest BCUT2D eigenvalue weighted by atomic mass is 79.9. The average Bonchev–Trinajstić information content (AvgIpc) is 2.93. The predicted octanol–water partition coefficient (Wildman–Crippen LogP) is 4.01. The van der Waals surface area contributed by atoms with Crippen LogP contribution in [0.3, 0.4) is 0 Å². The first-order valence-electron chi connectivity index (χ1n) is 7.80. The van der Waals surface area contributed by atoms with Gasteiger partial charge in [0, 0.05) is 16.4 Å². The van der Waals surface area contributed by atoms with Crippen LogP contribution in [-0.4, -0.2) is 34.7 Å². The van der Waals surface area contributed by atoms with E-state index in [0.717, 1.165) is 36.8 Å². The Balaban J connectivity index is 2.14. The molecule has 2 nitrogen and oxygen atoms in total. The molecule has 0 amide bonds. The number of halogens is 1. The molecular formula is C17H26BrNO. The van der Waals surface area contributed by atoms with Crippen molar-refractivity contribution in [1.29, 1.82) is 0 Å². The molecule has 1 N–H and O–H groups in total. The summed E-state index contributed by atoms with van der Waals surface area (Å²) < 4.78 is 1.09. The highest BCUT2D eigenvalue weighted by Gasteiger charge is 2.44. The van der Waals surface area contributed by atoms with Crippen molar-refractivity contribution in [3.63, 3.8) is 0 Å². The predicted molar refractivity (Wildman–Crippen MR) is 88.0 cm³/mol. The Labute approximate surface area is 131 Å². The van der Waals surface area contributed by atoms with Crippen molar-refractivity contribution in [3.8, 4) is 0 Å². The Morgan fingerprint density at radius 1 is 1.15 bits per heavy atom. The Hall–Kier alpha value is -0.380. The number of likely N-dealkylation sites (N-methyl/N-ethyl adjacent to an activating group) is 1. The van der Waals surface area contributed by atoms with Crippen molar-refractivity contribution < 1.29 is 5.11 Å². The zero-order valence-electron chi connectivity index (χ0n) is 12.6. The van der Waals surface area contributed by atoms with Gasteiger partial charge in [-0.3, -0.25) is 4.90 Å². The van der Waals surface area contributed by atoms with Gasteiger partial charge in [0.05, 0.1) is 6.10 Å². The lowest BCUT2D eigenvalue weighted by Gasteiger charge is -2.44. The molecule has 0 aromatic heterocycles. The Bertz CT molecular complexity index is 408. The van der Waals surface area contributed by atoms with Gasteiger partial charge < -0.3 is 5.11 Å². The van der Waals surface area contributed by atoms with E-state index in [-0.39, 0.29) is 11.6 Å². The maximum atomic E-state index is 10.9. The van der Waals surface area contributed by atoms with Gasteiger partial charge >= 0.3 is 0 Å². The first kappa shape index (κ1) is 16.0. The zero-order chi connectivity index (χ0) is 14.6. The summed E-state index contributed by atoms with van der Waals surface area (Å²) in [6.45, 7) is 6.45. The van der Waals surface area contributed by atoms with E-state index in [1.165, 1.54) is 18.4 Å². The summed E-state index contributed by atoms with van der Waals surface area (Å²) in [6.07, 6.45) is 5.23. The smallest absolute Gasteiger partial charge is 0.0764 e. The maximum Gasteiger partial charge on any atom is 0.0764 e. The van der Waals surface area contributed by atoms with E-state index in [2.05, 4.69) is 58.9 Å². The van der Waals surface area contributed by atoms with Crippen LogP contribution in [0.1, 0.15) is 45.1 Å². The third kappa shape index (κ3) is 3.26. The summed E-state index contributed by atoms with van der Waals surface area (Å²) >= 11 is 3.46.